The van der Waals surface area contributed by atoms with E-state index in [0.29, 0.717) is 6.54 Å². The second-order valence-electron chi connectivity index (χ2n) is 4.78. The van der Waals surface area contributed by atoms with Crippen molar-refractivity contribution >= 4 is 5.91 Å². The Kier molecular flexibility index (Phi) is 6.60. The van der Waals surface area contributed by atoms with Crippen LogP contribution in [0, 0.1) is 0 Å². The van der Waals surface area contributed by atoms with Gasteiger partial charge in [0.15, 0.2) is 0 Å². The normalized spacial score (nSPS) is 23.6. The number of carbonyl (C=O) groups excluding carboxylic acids is 1. The molecule has 5 heteroatoms. The van der Waals surface area contributed by atoms with Crippen molar-refractivity contribution in [1.29, 1.82) is 0 Å². The molecule has 0 aromatic heterocycles. The molecular weight excluding hydrogens is 232 g/mol. The highest BCUT2D eigenvalue weighted by molar-refractivity contribution is 5.82. The van der Waals surface area contributed by atoms with Crippen molar-refractivity contribution in [2.24, 2.45) is 0 Å². The van der Waals surface area contributed by atoms with Gasteiger partial charge in [0, 0.05) is 26.2 Å². The molecule has 0 radical (unpaired) electrons. The maximum Gasteiger partial charge on any atom is 0.240 e. The zero-order valence-corrected chi connectivity index (χ0v) is 11.7. The van der Waals surface area contributed by atoms with E-state index in [4.69, 9.17) is 9.84 Å². The molecule has 0 spiro atoms. The SMILES string of the molecule is CCC(CC)N(CCO)C(=O)C1CC(OC)CN1. The molecule has 5 nitrogen and oxygen atoms in total. The molecule has 1 heterocycles. The largest absolute Gasteiger partial charge is 0.395 e. The molecule has 0 aromatic carbocycles. The molecule has 2 unspecified atom stereocenters. The van der Waals surface area contributed by atoms with E-state index in [1.807, 2.05) is 4.90 Å². The summed E-state index contributed by atoms with van der Waals surface area (Å²) in [5, 5.41) is 12.3. The molecule has 0 saturated carbocycles. The standard InChI is InChI=1S/C13H26N2O3/c1-4-10(5-2)15(6-7-16)13(17)12-8-11(18-3)9-14-12/h10-12,14,16H,4-9H2,1-3H3. The minimum Gasteiger partial charge on any atom is -0.395 e. The van der Waals surface area contributed by atoms with E-state index in [2.05, 4.69) is 19.2 Å². The Morgan fingerprint density at radius 1 is 1.50 bits per heavy atom. The van der Waals surface area contributed by atoms with E-state index in [1.165, 1.54) is 0 Å². The summed E-state index contributed by atoms with van der Waals surface area (Å²) in [4.78, 5) is 14.3. The topological polar surface area (TPSA) is 61.8 Å². The summed E-state index contributed by atoms with van der Waals surface area (Å²) in [6, 6.07) is 0.0511. The van der Waals surface area contributed by atoms with Crippen molar-refractivity contribution in [3.8, 4) is 0 Å². The molecule has 2 N–H and O–H groups in total. The summed E-state index contributed by atoms with van der Waals surface area (Å²) in [6.45, 7) is 5.31. The lowest BCUT2D eigenvalue weighted by Crippen LogP contribution is -2.49. The van der Waals surface area contributed by atoms with Gasteiger partial charge in [0.25, 0.3) is 0 Å². The average molecular weight is 258 g/mol. The maximum absolute atomic E-state index is 12.5. The highest BCUT2D eigenvalue weighted by Gasteiger charge is 2.33. The molecule has 1 aliphatic heterocycles. The first-order chi connectivity index (χ1) is 8.67. The van der Waals surface area contributed by atoms with Crippen LogP contribution in [0.15, 0.2) is 0 Å². The van der Waals surface area contributed by atoms with Gasteiger partial charge >= 0.3 is 0 Å². The number of methoxy groups -OCH3 is 1. The number of carbonyl (C=O) groups is 1. The van der Waals surface area contributed by atoms with E-state index >= 15 is 0 Å². The molecule has 1 saturated heterocycles. The molecule has 1 aliphatic rings. The monoisotopic (exact) mass is 258 g/mol. The lowest BCUT2D eigenvalue weighted by atomic mass is 10.1. The summed E-state index contributed by atoms with van der Waals surface area (Å²) >= 11 is 0. The van der Waals surface area contributed by atoms with Gasteiger partial charge in [-0.1, -0.05) is 13.8 Å². The molecule has 0 bridgehead atoms. The van der Waals surface area contributed by atoms with Crippen LogP contribution in [0.25, 0.3) is 0 Å². The number of ether oxygens (including phenoxy) is 1. The fourth-order valence-corrected chi connectivity index (χ4v) is 2.58. The number of nitrogens with zero attached hydrogens (tertiary/aromatic N) is 1. The van der Waals surface area contributed by atoms with Gasteiger partial charge in [-0.2, -0.15) is 0 Å². The third-order valence-electron chi connectivity index (χ3n) is 3.73. The van der Waals surface area contributed by atoms with Crippen molar-refractivity contribution in [3.63, 3.8) is 0 Å². The average Bonchev–Trinajstić information content (AvgIpc) is 2.87. The van der Waals surface area contributed by atoms with Crippen LogP contribution in [0.2, 0.25) is 0 Å². The van der Waals surface area contributed by atoms with Gasteiger partial charge in [-0.15, -0.1) is 0 Å². The third-order valence-corrected chi connectivity index (χ3v) is 3.73. The van der Waals surface area contributed by atoms with E-state index in [-0.39, 0.29) is 30.7 Å². The van der Waals surface area contributed by atoms with Crippen LogP contribution in [0.1, 0.15) is 33.1 Å². The van der Waals surface area contributed by atoms with Crippen molar-refractivity contribution in [2.45, 2.75) is 51.3 Å². The highest BCUT2D eigenvalue weighted by atomic mass is 16.5. The van der Waals surface area contributed by atoms with E-state index < -0.39 is 0 Å². The van der Waals surface area contributed by atoms with Gasteiger partial charge in [0.05, 0.1) is 18.8 Å². The Hall–Kier alpha value is -0.650. The number of hydrogen-bond donors (Lipinski definition) is 2. The minimum absolute atomic E-state index is 0.0165. The first-order valence-corrected chi connectivity index (χ1v) is 6.85. The maximum atomic E-state index is 12.5. The fraction of sp³-hybridized carbons (Fsp3) is 0.923. The Morgan fingerprint density at radius 2 is 2.17 bits per heavy atom. The molecule has 0 aliphatic carbocycles. The Bertz CT molecular complexity index is 257. The van der Waals surface area contributed by atoms with Gasteiger partial charge in [0.2, 0.25) is 5.91 Å². The minimum atomic E-state index is -0.165. The molecule has 1 fully saturated rings. The van der Waals surface area contributed by atoms with Gasteiger partial charge in [-0.25, -0.2) is 0 Å². The summed E-state index contributed by atoms with van der Waals surface area (Å²) in [5.41, 5.74) is 0. The number of rotatable bonds is 7. The number of aliphatic hydroxyl groups is 1. The molecule has 1 amide bonds. The quantitative estimate of drug-likeness (QED) is 0.693. The molecule has 1 rings (SSSR count). The van der Waals surface area contributed by atoms with Crippen molar-refractivity contribution in [3.05, 3.63) is 0 Å². The lowest BCUT2D eigenvalue weighted by molar-refractivity contribution is -0.136. The van der Waals surface area contributed by atoms with Crippen LogP contribution in [0.3, 0.4) is 0 Å². The van der Waals surface area contributed by atoms with Crippen LogP contribution >= 0.6 is 0 Å². The molecule has 2 atom stereocenters. The van der Waals surface area contributed by atoms with Crippen LogP contribution in [-0.4, -0.2) is 60.9 Å². The second-order valence-corrected chi connectivity index (χ2v) is 4.78. The van der Waals surface area contributed by atoms with Crippen LogP contribution in [0.4, 0.5) is 0 Å². The fourth-order valence-electron chi connectivity index (χ4n) is 2.58. The van der Waals surface area contributed by atoms with Crippen molar-refractivity contribution < 1.29 is 14.6 Å². The first kappa shape index (κ1) is 15.4. The number of aliphatic hydroxyl groups excluding tert-OH is 1. The van der Waals surface area contributed by atoms with Gasteiger partial charge in [-0.05, 0) is 19.3 Å². The number of nitrogens with one attached hydrogen (secondary N) is 1. The summed E-state index contributed by atoms with van der Waals surface area (Å²) < 4.78 is 5.26. The third kappa shape index (κ3) is 3.67. The molecular formula is C13H26N2O3. The van der Waals surface area contributed by atoms with Crippen molar-refractivity contribution in [2.75, 3.05) is 26.8 Å². The predicted molar refractivity (Wildman–Crippen MR) is 70.4 cm³/mol. The predicted octanol–water partition coefficient (Wildman–Crippen LogP) is 0.373. The smallest absolute Gasteiger partial charge is 0.240 e. The number of amides is 1. The summed E-state index contributed by atoms with van der Waals surface area (Å²) in [5.74, 6) is 0.0947. The van der Waals surface area contributed by atoms with Crippen LogP contribution in [-0.2, 0) is 9.53 Å². The summed E-state index contributed by atoms with van der Waals surface area (Å²) in [7, 11) is 1.67. The zero-order chi connectivity index (χ0) is 13.5. The first-order valence-electron chi connectivity index (χ1n) is 6.85. The molecule has 106 valence electrons. The Balaban J connectivity index is 2.64. The zero-order valence-electron chi connectivity index (χ0n) is 11.7. The van der Waals surface area contributed by atoms with E-state index in [0.717, 1.165) is 25.8 Å². The second kappa shape index (κ2) is 7.71. The van der Waals surface area contributed by atoms with Crippen LogP contribution in [0.5, 0.6) is 0 Å². The van der Waals surface area contributed by atoms with E-state index in [1.54, 1.807) is 7.11 Å². The molecule has 18 heavy (non-hydrogen) atoms. The number of hydrogen-bond acceptors (Lipinski definition) is 4. The summed E-state index contributed by atoms with van der Waals surface area (Å²) in [6.07, 6.45) is 2.68. The van der Waals surface area contributed by atoms with Crippen molar-refractivity contribution in [1.82, 2.24) is 10.2 Å². The highest BCUT2D eigenvalue weighted by Crippen LogP contribution is 2.16. The van der Waals surface area contributed by atoms with Gasteiger partial charge < -0.3 is 20.1 Å². The van der Waals surface area contributed by atoms with Gasteiger partial charge in [-0.3, -0.25) is 4.79 Å². The molecule has 0 aromatic rings. The Labute approximate surface area is 109 Å². The Morgan fingerprint density at radius 3 is 2.61 bits per heavy atom. The van der Waals surface area contributed by atoms with Crippen LogP contribution < -0.4 is 5.32 Å². The van der Waals surface area contributed by atoms with E-state index in [9.17, 15) is 4.79 Å². The lowest BCUT2D eigenvalue weighted by Gasteiger charge is -2.32. The van der Waals surface area contributed by atoms with Gasteiger partial charge in [0.1, 0.15) is 0 Å².